The van der Waals surface area contributed by atoms with Crippen LogP contribution in [0.3, 0.4) is 0 Å². The number of nitrogens with one attached hydrogen (secondary N) is 1. The first kappa shape index (κ1) is 26.4. The summed E-state index contributed by atoms with van der Waals surface area (Å²) < 4.78 is 32.6. The average molecular weight is 513 g/mol. The molecular formula is C27H30F2N4O4. The normalized spacial score (nSPS) is 18.0. The molecule has 4 rings (SSSR count). The number of aromatic nitrogens is 2. The number of fused-ring (bicyclic) bond motifs is 1. The number of carbonyl (C=O) groups excluding carboxylic acids is 2. The largest absolute Gasteiger partial charge is 0.414 e. The number of amides is 2. The molecule has 3 atom stereocenters. The zero-order valence-electron chi connectivity index (χ0n) is 20.2. The Morgan fingerprint density at radius 2 is 1.73 bits per heavy atom. The van der Waals surface area contributed by atoms with Crippen molar-refractivity contribution in [3.8, 4) is 5.88 Å². The molecule has 0 bridgehead atoms. The predicted molar refractivity (Wildman–Crippen MR) is 133 cm³/mol. The highest BCUT2D eigenvalue weighted by molar-refractivity contribution is 5.77. The van der Waals surface area contributed by atoms with Crippen LogP contribution in [0, 0.1) is 11.8 Å². The first-order chi connectivity index (χ1) is 17.7. The van der Waals surface area contributed by atoms with Gasteiger partial charge in [0.05, 0.1) is 29.4 Å². The van der Waals surface area contributed by atoms with Crippen LogP contribution in [0.1, 0.15) is 37.7 Å². The van der Waals surface area contributed by atoms with Gasteiger partial charge in [0.25, 0.3) is 0 Å². The van der Waals surface area contributed by atoms with Gasteiger partial charge in [-0.25, -0.2) is 23.5 Å². The number of para-hydroxylation sites is 2. The molecule has 1 aliphatic carbocycles. The van der Waals surface area contributed by atoms with Gasteiger partial charge in [0.1, 0.15) is 0 Å². The number of ether oxygens (including phenoxy) is 1. The Morgan fingerprint density at radius 3 is 2.41 bits per heavy atom. The van der Waals surface area contributed by atoms with Crippen molar-refractivity contribution < 1.29 is 28.2 Å². The van der Waals surface area contributed by atoms with Gasteiger partial charge in [0, 0.05) is 18.8 Å². The summed E-state index contributed by atoms with van der Waals surface area (Å²) in [6, 6.07) is 15.5. The molecule has 1 fully saturated rings. The molecule has 1 aliphatic rings. The molecule has 2 aromatic carbocycles. The molecule has 196 valence electrons. The Kier molecular flexibility index (Phi) is 8.27. The van der Waals surface area contributed by atoms with E-state index >= 15 is 0 Å². The van der Waals surface area contributed by atoms with E-state index in [2.05, 4.69) is 15.3 Å². The number of hydrogen-bond acceptors (Lipinski definition) is 6. The van der Waals surface area contributed by atoms with Crippen LogP contribution in [0.2, 0.25) is 0 Å². The summed E-state index contributed by atoms with van der Waals surface area (Å²) >= 11 is 0. The second kappa shape index (κ2) is 11.6. The minimum atomic E-state index is -2.75. The van der Waals surface area contributed by atoms with Crippen molar-refractivity contribution in [3.63, 3.8) is 0 Å². The predicted octanol–water partition coefficient (Wildman–Crippen LogP) is 4.01. The van der Waals surface area contributed by atoms with Crippen LogP contribution in [0.25, 0.3) is 11.0 Å². The van der Waals surface area contributed by atoms with E-state index in [1.54, 1.807) is 18.2 Å². The minimum absolute atomic E-state index is 0.0118. The van der Waals surface area contributed by atoms with Gasteiger partial charge in [-0.3, -0.25) is 4.79 Å². The third kappa shape index (κ3) is 7.19. The molecule has 3 aromatic rings. The molecule has 37 heavy (non-hydrogen) atoms. The molecule has 0 spiro atoms. The highest BCUT2D eigenvalue weighted by atomic mass is 19.3. The van der Waals surface area contributed by atoms with Crippen molar-refractivity contribution in [3.05, 3.63) is 66.4 Å². The van der Waals surface area contributed by atoms with Gasteiger partial charge >= 0.3 is 6.09 Å². The summed E-state index contributed by atoms with van der Waals surface area (Å²) in [7, 11) is 0. The van der Waals surface area contributed by atoms with Crippen LogP contribution in [-0.2, 0) is 11.2 Å². The van der Waals surface area contributed by atoms with Gasteiger partial charge in [-0.05, 0) is 49.3 Å². The van der Waals surface area contributed by atoms with Crippen molar-refractivity contribution in [1.29, 1.82) is 0 Å². The topological polar surface area (TPSA) is 127 Å². The lowest BCUT2D eigenvalue weighted by Gasteiger charge is -2.34. The van der Waals surface area contributed by atoms with Gasteiger partial charge in [-0.2, -0.15) is 0 Å². The summed E-state index contributed by atoms with van der Waals surface area (Å²) in [4.78, 5) is 33.5. The number of aliphatic hydroxyl groups is 1. The lowest BCUT2D eigenvalue weighted by atomic mass is 9.75. The number of alkyl halides is 2. The fourth-order valence-electron chi connectivity index (χ4n) is 4.85. The molecule has 0 aliphatic heterocycles. The second-order valence-electron chi connectivity index (χ2n) is 9.53. The van der Waals surface area contributed by atoms with E-state index in [-0.39, 0.29) is 50.3 Å². The van der Waals surface area contributed by atoms with E-state index in [0.29, 0.717) is 11.0 Å². The average Bonchev–Trinajstić information content (AvgIpc) is 2.87. The number of benzene rings is 2. The van der Waals surface area contributed by atoms with Gasteiger partial charge in [0.15, 0.2) is 0 Å². The molecule has 1 aromatic heterocycles. The monoisotopic (exact) mass is 512 g/mol. The number of carbonyl (C=O) groups is 2. The number of nitrogens with two attached hydrogens (primary N) is 1. The fraction of sp³-hybridized carbons (Fsp3) is 0.407. The van der Waals surface area contributed by atoms with E-state index in [0.717, 1.165) is 5.56 Å². The Morgan fingerprint density at radius 1 is 1.08 bits per heavy atom. The van der Waals surface area contributed by atoms with Gasteiger partial charge in [-0.15, -0.1) is 0 Å². The molecule has 1 heterocycles. The summed E-state index contributed by atoms with van der Waals surface area (Å²) in [5.74, 6) is -4.56. The van der Waals surface area contributed by atoms with Crippen molar-refractivity contribution in [2.24, 2.45) is 17.6 Å². The highest BCUT2D eigenvalue weighted by Gasteiger charge is 2.40. The van der Waals surface area contributed by atoms with Gasteiger partial charge in [0.2, 0.25) is 17.7 Å². The molecular weight excluding hydrogens is 482 g/mol. The van der Waals surface area contributed by atoms with Crippen LogP contribution < -0.4 is 15.8 Å². The van der Waals surface area contributed by atoms with Gasteiger partial charge in [-0.1, -0.05) is 42.5 Å². The maximum Gasteiger partial charge on any atom is 0.414 e. The van der Waals surface area contributed by atoms with Crippen LogP contribution in [0.5, 0.6) is 5.88 Å². The van der Waals surface area contributed by atoms with E-state index in [1.807, 2.05) is 36.4 Å². The van der Waals surface area contributed by atoms with E-state index in [1.165, 1.54) is 6.20 Å². The molecule has 10 heteroatoms. The van der Waals surface area contributed by atoms with E-state index < -0.39 is 36.0 Å². The third-order valence-electron chi connectivity index (χ3n) is 6.88. The molecule has 0 radical (unpaired) electrons. The summed E-state index contributed by atoms with van der Waals surface area (Å²) in [6.07, 6.45) is -0.877. The fourth-order valence-corrected chi connectivity index (χ4v) is 4.85. The van der Waals surface area contributed by atoms with Crippen LogP contribution in [0.15, 0.2) is 60.8 Å². The molecule has 8 nitrogen and oxygen atoms in total. The quantitative estimate of drug-likeness (QED) is 0.398. The Balaban J connectivity index is 1.47. The maximum atomic E-state index is 13.6. The van der Waals surface area contributed by atoms with Crippen molar-refractivity contribution in [1.82, 2.24) is 15.3 Å². The lowest BCUT2D eigenvalue weighted by Crippen LogP contribution is -2.48. The van der Waals surface area contributed by atoms with Crippen molar-refractivity contribution >= 4 is 23.0 Å². The van der Waals surface area contributed by atoms with Crippen LogP contribution in [-0.4, -0.2) is 45.1 Å². The number of aliphatic hydroxyl groups excluding tert-OH is 1. The molecule has 4 N–H and O–H groups in total. The van der Waals surface area contributed by atoms with Crippen LogP contribution in [0.4, 0.5) is 13.6 Å². The number of nitrogens with zero attached hydrogens (tertiary/aromatic N) is 2. The standard InChI is InChI=1S/C27H30F2N4O4/c28-27(29)12-10-18(11-13-27)19(25(30)35)15-23(34)22(14-17-6-2-1-3-7-17)33-26(36)37-24-16-31-20-8-4-5-9-21(20)32-24/h1-9,16,18-19,22-23,34H,10-15H2,(H2,30,35)(H,33,36)/t19-,22-,23-/m0/s1. The number of primary amides is 1. The minimum Gasteiger partial charge on any atom is -0.391 e. The smallest absolute Gasteiger partial charge is 0.391 e. The maximum absolute atomic E-state index is 13.6. The number of hydrogen-bond donors (Lipinski definition) is 3. The van der Waals surface area contributed by atoms with Crippen molar-refractivity contribution in [2.75, 3.05) is 0 Å². The first-order valence-electron chi connectivity index (χ1n) is 12.3. The molecule has 0 unspecified atom stereocenters. The Labute approximate surface area is 213 Å². The first-order valence-corrected chi connectivity index (χ1v) is 12.3. The lowest BCUT2D eigenvalue weighted by molar-refractivity contribution is -0.127. The molecule has 0 saturated heterocycles. The highest BCUT2D eigenvalue weighted by Crippen LogP contribution is 2.40. The summed E-state index contributed by atoms with van der Waals surface area (Å²) in [5, 5.41) is 13.8. The van der Waals surface area contributed by atoms with Crippen molar-refractivity contribution in [2.45, 2.75) is 56.6 Å². The van der Waals surface area contributed by atoms with Gasteiger partial charge < -0.3 is 20.9 Å². The number of rotatable bonds is 9. The third-order valence-corrected chi connectivity index (χ3v) is 6.88. The Hall–Kier alpha value is -3.66. The molecule has 1 saturated carbocycles. The molecule has 2 amide bonds. The number of halogens is 2. The van der Waals surface area contributed by atoms with E-state index in [4.69, 9.17) is 10.5 Å². The van der Waals surface area contributed by atoms with Crippen LogP contribution >= 0.6 is 0 Å². The summed E-state index contributed by atoms with van der Waals surface area (Å²) in [5.41, 5.74) is 7.65. The SMILES string of the molecule is NC(=O)[C@@H](C[C@H](O)[C@H](Cc1ccccc1)NC(=O)Oc1cnc2ccccc2n1)C1CCC(F)(F)CC1. The summed E-state index contributed by atoms with van der Waals surface area (Å²) in [6.45, 7) is 0. The van der Waals surface area contributed by atoms with E-state index in [9.17, 15) is 23.5 Å². The Bertz CT molecular complexity index is 1220. The zero-order chi connectivity index (χ0) is 26.4. The second-order valence-corrected chi connectivity index (χ2v) is 9.53. The zero-order valence-corrected chi connectivity index (χ0v) is 20.2.